The highest BCUT2D eigenvalue weighted by molar-refractivity contribution is 5.93. The number of imidazole rings is 1. The third kappa shape index (κ3) is 3.24. The molecule has 4 rings (SSSR count). The van der Waals surface area contributed by atoms with E-state index in [1.807, 2.05) is 41.7 Å². The molecule has 7 heteroatoms. The number of hydrogen-bond acceptors (Lipinski definition) is 5. The van der Waals surface area contributed by atoms with E-state index in [9.17, 15) is 4.79 Å². The van der Waals surface area contributed by atoms with E-state index in [1.165, 1.54) is 6.39 Å². The van der Waals surface area contributed by atoms with E-state index in [0.717, 1.165) is 24.4 Å². The number of hydrogen-bond donors (Lipinski definition) is 0. The van der Waals surface area contributed by atoms with Gasteiger partial charge in [0.05, 0.1) is 12.2 Å². The van der Waals surface area contributed by atoms with Gasteiger partial charge in [0, 0.05) is 37.6 Å². The largest absolute Gasteiger partial charge is 0.448 e. The zero-order valence-electron chi connectivity index (χ0n) is 14.7. The number of piperidine rings is 1. The Morgan fingerprint density at radius 2 is 2.04 bits per heavy atom. The van der Waals surface area contributed by atoms with Gasteiger partial charge in [0.25, 0.3) is 5.91 Å². The smallest absolute Gasteiger partial charge is 0.276 e. The third-order valence-corrected chi connectivity index (χ3v) is 4.90. The molecule has 0 atom stereocenters. The minimum atomic E-state index is -0.0495. The Bertz CT molecular complexity index is 878. The zero-order chi connectivity index (χ0) is 17.9. The molecule has 3 aromatic heterocycles. The highest BCUT2D eigenvalue weighted by Crippen LogP contribution is 2.28. The molecule has 1 aliphatic rings. The predicted octanol–water partition coefficient (Wildman–Crippen LogP) is 2.64. The van der Waals surface area contributed by atoms with Gasteiger partial charge in [-0.25, -0.2) is 9.97 Å². The molecule has 0 spiro atoms. The molecule has 7 nitrogen and oxygen atoms in total. The van der Waals surface area contributed by atoms with Gasteiger partial charge in [0.15, 0.2) is 12.1 Å². The summed E-state index contributed by atoms with van der Waals surface area (Å²) in [4.78, 5) is 27.4. The molecular formula is C19H21N5O2. The number of rotatable bonds is 4. The van der Waals surface area contributed by atoms with Crippen molar-refractivity contribution in [2.75, 3.05) is 13.1 Å². The van der Waals surface area contributed by atoms with Crippen LogP contribution in [0.15, 0.2) is 47.6 Å². The van der Waals surface area contributed by atoms with Crippen LogP contribution in [0.25, 0.3) is 0 Å². The number of aromatic nitrogens is 4. The molecule has 3 aromatic rings. The van der Waals surface area contributed by atoms with E-state index < -0.39 is 0 Å². The topological polar surface area (TPSA) is 77.0 Å². The molecule has 1 fully saturated rings. The van der Waals surface area contributed by atoms with Crippen molar-refractivity contribution < 1.29 is 9.21 Å². The summed E-state index contributed by atoms with van der Waals surface area (Å²) in [7, 11) is 0. The molecule has 0 saturated carbocycles. The second kappa shape index (κ2) is 7.11. The molecule has 1 amide bonds. The molecule has 0 radical (unpaired) electrons. The quantitative estimate of drug-likeness (QED) is 0.722. The fourth-order valence-corrected chi connectivity index (χ4v) is 3.48. The maximum absolute atomic E-state index is 12.6. The van der Waals surface area contributed by atoms with E-state index in [0.29, 0.717) is 37.0 Å². The normalized spacial score (nSPS) is 15.3. The van der Waals surface area contributed by atoms with E-state index in [1.54, 1.807) is 6.92 Å². The number of likely N-dealkylation sites (tertiary alicyclic amines) is 1. The molecule has 0 aliphatic carbocycles. The SMILES string of the molecule is Cc1ocnc1C(=O)N1CCC(c2nccn2Cc2ccccn2)CC1. The van der Waals surface area contributed by atoms with Crippen LogP contribution < -0.4 is 0 Å². The molecule has 0 N–H and O–H groups in total. The van der Waals surface area contributed by atoms with Gasteiger partial charge < -0.3 is 13.9 Å². The minimum Gasteiger partial charge on any atom is -0.448 e. The first kappa shape index (κ1) is 16.5. The lowest BCUT2D eigenvalue weighted by molar-refractivity contribution is 0.0703. The summed E-state index contributed by atoms with van der Waals surface area (Å²) >= 11 is 0. The minimum absolute atomic E-state index is 0.0495. The number of aryl methyl sites for hydroxylation is 1. The van der Waals surface area contributed by atoms with Crippen molar-refractivity contribution in [1.29, 1.82) is 0 Å². The van der Waals surface area contributed by atoms with Gasteiger partial charge in [-0.1, -0.05) is 6.07 Å². The Kier molecular flexibility index (Phi) is 4.51. The first-order chi connectivity index (χ1) is 12.7. The second-order valence-electron chi connectivity index (χ2n) is 6.56. The van der Waals surface area contributed by atoms with Crippen molar-refractivity contribution in [3.05, 3.63) is 66.2 Å². The second-order valence-corrected chi connectivity index (χ2v) is 6.56. The number of carbonyl (C=O) groups is 1. The fourth-order valence-electron chi connectivity index (χ4n) is 3.48. The summed E-state index contributed by atoms with van der Waals surface area (Å²) in [5.41, 5.74) is 1.43. The van der Waals surface area contributed by atoms with Crippen molar-refractivity contribution in [3.8, 4) is 0 Å². The molecule has 4 heterocycles. The standard InChI is InChI=1S/C19H21N5O2/c1-14-17(22-13-26-14)19(25)23-9-5-15(6-10-23)18-21-8-11-24(18)12-16-4-2-3-7-20-16/h2-4,7-8,11,13,15H,5-6,9-10,12H2,1H3. The van der Waals surface area contributed by atoms with Gasteiger partial charge in [0.2, 0.25) is 0 Å². The Morgan fingerprint density at radius 1 is 1.19 bits per heavy atom. The summed E-state index contributed by atoms with van der Waals surface area (Å²) < 4.78 is 7.31. The lowest BCUT2D eigenvalue weighted by Gasteiger charge is -2.31. The molecule has 134 valence electrons. The lowest BCUT2D eigenvalue weighted by atomic mass is 9.95. The van der Waals surface area contributed by atoms with Crippen LogP contribution in [0, 0.1) is 6.92 Å². The molecule has 0 unspecified atom stereocenters. The van der Waals surface area contributed by atoms with Crippen LogP contribution in [0.1, 0.15) is 46.5 Å². The van der Waals surface area contributed by atoms with Crippen LogP contribution in [-0.2, 0) is 6.54 Å². The lowest BCUT2D eigenvalue weighted by Crippen LogP contribution is -2.38. The van der Waals surface area contributed by atoms with Crippen molar-refractivity contribution in [2.45, 2.75) is 32.2 Å². The molecule has 26 heavy (non-hydrogen) atoms. The summed E-state index contributed by atoms with van der Waals surface area (Å²) in [6.45, 7) is 3.88. The Balaban J connectivity index is 1.42. The highest BCUT2D eigenvalue weighted by Gasteiger charge is 2.28. The van der Waals surface area contributed by atoms with Crippen molar-refractivity contribution >= 4 is 5.91 Å². The van der Waals surface area contributed by atoms with Crippen LogP contribution in [0.4, 0.5) is 0 Å². The number of amides is 1. The van der Waals surface area contributed by atoms with E-state index >= 15 is 0 Å². The molecule has 1 saturated heterocycles. The van der Waals surface area contributed by atoms with Crippen LogP contribution in [0.5, 0.6) is 0 Å². The van der Waals surface area contributed by atoms with Gasteiger partial charge in [-0.05, 0) is 31.9 Å². The van der Waals surface area contributed by atoms with E-state index in [2.05, 4.69) is 19.5 Å². The molecule has 1 aliphatic heterocycles. The molecular weight excluding hydrogens is 330 g/mol. The summed E-state index contributed by atoms with van der Waals surface area (Å²) in [5, 5.41) is 0. The van der Waals surface area contributed by atoms with Gasteiger partial charge in [-0.2, -0.15) is 0 Å². The average Bonchev–Trinajstić information content (AvgIpc) is 3.31. The summed E-state index contributed by atoms with van der Waals surface area (Å²) in [5.74, 6) is 1.94. The Hall–Kier alpha value is -2.96. The monoisotopic (exact) mass is 351 g/mol. The van der Waals surface area contributed by atoms with Gasteiger partial charge >= 0.3 is 0 Å². The Morgan fingerprint density at radius 3 is 2.73 bits per heavy atom. The van der Waals surface area contributed by atoms with E-state index in [4.69, 9.17) is 4.42 Å². The van der Waals surface area contributed by atoms with Gasteiger partial charge in [-0.15, -0.1) is 0 Å². The first-order valence-electron chi connectivity index (χ1n) is 8.82. The highest BCUT2D eigenvalue weighted by atomic mass is 16.3. The number of carbonyl (C=O) groups excluding carboxylic acids is 1. The van der Waals surface area contributed by atoms with Gasteiger partial charge in [-0.3, -0.25) is 9.78 Å². The van der Waals surface area contributed by atoms with Crippen LogP contribution >= 0.6 is 0 Å². The van der Waals surface area contributed by atoms with Gasteiger partial charge in [0.1, 0.15) is 11.6 Å². The van der Waals surface area contributed by atoms with Crippen molar-refractivity contribution in [1.82, 2.24) is 24.4 Å². The number of pyridine rings is 1. The van der Waals surface area contributed by atoms with Crippen LogP contribution in [0.3, 0.4) is 0 Å². The average molecular weight is 351 g/mol. The van der Waals surface area contributed by atoms with Crippen molar-refractivity contribution in [3.63, 3.8) is 0 Å². The van der Waals surface area contributed by atoms with E-state index in [-0.39, 0.29) is 5.91 Å². The maximum Gasteiger partial charge on any atom is 0.276 e. The number of oxazole rings is 1. The maximum atomic E-state index is 12.6. The first-order valence-corrected chi connectivity index (χ1v) is 8.82. The fraction of sp³-hybridized carbons (Fsp3) is 0.368. The van der Waals surface area contributed by atoms with Crippen molar-refractivity contribution in [2.24, 2.45) is 0 Å². The molecule has 0 aromatic carbocycles. The summed E-state index contributed by atoms with van der Waals surface area (Å²) in [6.07, 6.45) is 8.75. The number of nitrogens with zero attached hydrogens (tertiary/aromatic N) is 5. The zero-order valence-corrected chi connectivity index (χ0v) is 14.7. The Labute approximate surface area is 151 Å². The third-order valence-electron chi connectivity index (χ3n) is 4.90. The van der Waals surface area contributed by atoms with Crippen LogP contribution in [-0.4, -0.2) is 43.4 Å². The predicted molar refractivity (Wildman–Crippen MR) is 94.7 cm³/mol. The van der Waals surface area contributed by atoms with Crippen LogP contribution in [0.2, 0.25) is 0 Å². The molecule has 0 bridgehead atoms. The summed E-state index contributed by atoms with van der Waals surface area (Å²) in [6, 6.07) is 5.93.